The van der Waals surface area contributed by atoms with Crippen molar-refractivity contribution in [3.63, 3.8) is 0 Å². The van der Waals surface area contributed by atoms with Crippen LogP contribution in [0.5, 0.6) is 0 Å². The first kappa shape index (κ1) is 28.3. The van der Waals surface area contributed by atoms with Crippen molar-refractivity contribution in [2.45, 2.75) is 32.6 Å². The number of thiophene rings is 1. The van der Waals surface area contributed by atoms with Crippen LogP contribution in [0.3, 0.4) is 0 Å². The fraction of sp³-hybridized carbons (Fsp3) is 0.207. The zero-order valence-corrected chi connectivity index (χ0v) is 24.5. The fourth-order valence-electron chi connectivity index (χ4n) is 4.82. The Hall–Kier alpha value is -3.78. The molecule has 0 bridgehead atoms. The lowest BCUT2D eigenvalue weighted by Gasteiger charge is -2.13. The second-order valence-electron chi connectivity index (χ2n) is 10.1. The smallest absolute Gasteiger partial charge is 0.355 e. The van der Waals surface area contributed by atoms with Crippen LogP contribution < -0.4 is 4.72 Å². The molecule has 216 valence electrons. The van der Waals surface area contributed by atoms with E-state index in [4.69, 9.17) is 5.10 Å². The minimum Gasteiger partial charge on any atom is -0.755 e. The van der Waals surface area contributed by atoms with Gasteiger partial charge in [0.15, 0.2) is 5.69 Å². The maximum atomic E-state index is 15.1. The third-order valence-corrected chi connectivity index (χ3v) is 9.23. The summed E-state index contributed by atoms with van der Waals surface area (Å²) < 4.78 is 55.7. The van der Waals surface area contributed by atoms with Gasteiger partial charge in [-0.2, -0.15) is 5.10 Å². The lowest BCUT2D eigenvalue weighted by Crippen LogP contribution is -2.05. The number of aromatic nitrogens is 3. The molecular weight excluding hydrogens is 603 g/mol. The molecule has 1 aliphatic rings. The van der Waals surface area contributed by atoms with E-state index in [1.54, 1.807) is 22.9 Å². The van der Waals surface area contributed by atoms with E-state index in [0.29, 0.717) is 39.9 Å². The molecule has 8 nitrogen and oxygen atoms in total. The summed E-state index contributed by atoms with van der Waals surface area (Å²) in [6, 6.07) is 12.9. The lowest BCUT2D eigenvalue weighted by atomic mass is 9.95. The molecule has 1 aliphatic carbocycles. The second-order valence-corrected chi connectivity index (χ2v) is 12.9. The predicted octanol–water partition coefficient (Wildman–Crippen LogP) is 6.76. The third kappa shape index (κ3) is 5.91. The molecule has 0 spiro atoms. The van der Waals surface area contributed by atoms with Gasteiger partial charge in [0.25, 0.3) is 0 Å². The van der Waals surface area contributed by atoms with Crippen LogP contribution >= 0.6 is 22.7 Å². The first-order chi connectivity index (χ1) is 20.2. The molecule has 1 atom stereocenters. The van der Waals surface area contributed by atoms with Gasteiger partial charge in [-0.1, -0.05) is 6.07 Å². The molecule has 1 unspecified atom stereocenters. The molecule has 0 aliphatic heterocycles. The Morgan fingerprint density at radius 3 is 2.62 bits per heavy atom. The average molecular weight is 626 g/mol. The van der Waals surface area contributed by atoms with E-state index in [9.17, 15) is 23.1 Å². The summed E-state index contributed by atoms with van der Waals surface area (Å²) in [4.78, 5) is 17.7. The van der Waals surface area contributed by atoms with Crippen LogP contribution in [0.15, 0.2) is 53.9 Å². The highest BCUT2D eigenvalue weighted by Crippen LogP contribution is 2.40. The highest BCUT2D eigenvalue weighted by atomic mass is 32.2. The minimum atomic E-state index is -2.67. The summed E-state index contributed by atoms with van der Waals surface area (Å²) in [5.74, 6) is -1.82. The van der Waals surface area contributed by atoms with E-state index in [1.807, 2.05) is 23.8 Å². The standard InChI is InChI=1S/C29H24F2N4O4S3/c1-15-2-9-26(41-15)19-13-18(6-7-21(19)30)27-20(10-17-5-8-23(22(31)11-17)34-42(38)39)24(12-16-3-4-16)33-35(27)29-32-25(14-40-29)28(36)37/h2,5-9,11,13-14,16,34H,3-4,10,12H2,1H3,(H,36,37)(H,38,39)/p-1. The number of carboxylic acid groups (broad SMARTS) is 1. The minimum absolute atomic E-state index is 0.114. The number of carboxylic acids is 1. The van der Waals surface area contributed by atoms with Crippen LogP contribution in [0.2, 0.25) is 0 Å². The van der Waals surface area contributed by atoms with Crippen molar-refractivity contribution in [1.82, 2.24) is 14.8 Å². The number of halogens is 2. The van der Waals surface area contributed by atoms with Gasteiger partial charge in [-0.15, -0.1) is 22.7 Å². The maximum absolute atomic E-state index is 15.1. The Morgan fingerprint density at radius 2 is 1.98 bits per heavy atom. The summed E-state index contributed by atoms with van der Waals surface area (Å²) >= 11 is -0.0703. The normalized spacial score (nSPS) is 13.8. The number of nitrogens with one attached hydrogen (secondary N) is 1. The number of thiazole rings is 1. The van der Waals surface area contributed by atoms with Crippen molar-refractivity contribution in [3.05, 3.63) is 92.9 Å². The van der Waals surface area contributed by atoms with Crippen molar-refractivity contribution >= 4 is 45.6 Å². The van der Waals surface area contributed by atoms with Crippen LogP contribution in [0.25, 0.3) is 26.8 Å². The van der Waals surface area contributed by atoms with Crippen LogP contribution in [-0.4, -0.2) is 34.6 Å². The van der Waals surface area contributed by atoms with Crippen LogP contribution in [-0.2, 0) is 24.1 Å². The van der Waals surface area contributed by atoms with Crippen molar-refractivity contribution < 1.29 is 27.4 Å². The summed E-state index contributed by atoms with van der Waals surface area (Å²) in [6.45, 7) is 1.95. The Bertz CT molecular complexity index is 1840. The lowest BCUT2D eigenvalue weighted by molar-refractivity contribution is 0.0691. The molecule has 3 heterocycles. The predicted molar refractivity (Wildman–Crippen MR) is 158 cm³/mol. The molecule has 5 aromatic rings. The number of aromatic carboxylic acids is 1. The summed E-state index contributed by atoms with van der Waals surface area (Å²) in [5, 5.41) is 16.2. The molecule has 3 aromatic heterocycles. The van der Waals surface area contributed by atoms with E-state index in [2.05, 4.69) is 4.98 Å². The third-order valence-electron chi connectivity index (χ3n) is 6.99. The quantitative estimate of drug-likeness (QED) is 0.166. The molecule has 1 fully saturated rings. The number of hydrogen-bond acceptors (Lipinski definition) is 7. The Kier molecular flexibility index (Phi) is 7.75. The summed E-state index contributed by atoms with van der Waals surface area (Å²) in [6.07, 6.45) is 3.03. The molecule has 1 saturated carbocycles. The van der Waals surface area contributed by atoms with Crippen LogP contribution in [0, 0.1) is 24.5 Å². The Labute approximate surface area is 250 Å². The molecule has 42 heavy (non-hydrogen) atoms. The van der Waals surface area contributed by atoms with Gasteiger partial charge in [0, 0.05) is 49.5 Å². The molecule has 2 aromatic carbocycles. The largest absolute Gasteiger partial charge is 0.755 e. The van der Waals surface area contributed by atoms with Gasteiger partial charge >= 0.3 is 5.97 Å². The Balaban J connectivity index is 1.53. The molecule has 0 amide bonds. The maximum Gasteiger partial charge on any atom is 0.355 e. The number of rotatable bonds is 10. The van der Waals surface area contributed by atoms with Gasteiger partial charge in [-0.3, -0.25) is 4.21 Å². The van der Waals surface area contributed by atoms with E-state index in [1.165, 1.54) is 34.9 Å². The van der Waals surface area contributed by atoms with E-state index in [-0.39, 0.29) is 23.6 Å². The zero-order valence-electron chi connectivity index (χ0n) is 22.1. The molecule has 13 heteroatoms. The van der Waals surface area contributed by atoms with Gasteiger partial charge in [-0.25, -0.2) is 23.2 Å². The zero-order chi connectivity index (χ0) is 29.5. The van der Waals surface area contributed by atoms with Crippen molar-refractivity contribution in [2.75, 3.05) is 4.72 Å². The second kappa shape index (κ2) is 11.5. The number of benzene rings is 2. The van der Waals surface area contributed by atoms with Gasteiger partial charge in [-0.05, 0) is 80.1 Å². The molecule has 2 N–H and O–H groups in total. The highest BCUT2D eigenvalue weighted by Gasteiger charge is 2.29. The number of nitrogens with zero attached hydrogens (tertiary/aromatic N) is 3. The van der Waals surface area contributed by atoms with Crippen LogP contribution in [0.1, 0.15) is 45.0 Å². The van der Waals surface area contributed by atoms with Crippen molar-refractivity contribution in [3.8, 4) is 26.8 Å². The highest BCUT2D eigenvalue weighted by molar-refractivity contribution is 7.80. The number of aryl methyl sites for hydroxylation is 1. The van der Waals surface area contributed by atoms with Crippen LogP contribution in [0.4, 0.5) is 14.5 Å². The fourth-order valence-corrected chi connectivity index (χ4v) is 6.81. The first-order valence-electron chi connectivity index (χ1n) is 13.0. The van der Waals surface area contributed by atoms with Gasteiger partial charge < -0.3 is 14.4 Å². The van der Waals surface area contributed by atoms with E-state index in [0.717, 1.165) is 45.2 Å². The van der Waals surface area contributed by atoms with Gasteiger partial charge in [0.1, 0.15) is 11.6 Å². The molecule has 0 radical (unpaired) electrons. The molecule has 6 rings (SSSR count). The average Bonchev–Trinajstić information content (AvgIpc) is 3.29. The monoisotopic (exact) mass is 625 g/mol. The number of anilines is 1. The summed E-state index contributed by atoms with van der Waals surface area (Å²) in [7, 11) is 0. The van der Waals surface area contributed by atoms with Crippen molar-refractivity contribution in [2.24, 2.45) is 5.92 Å². The number of hydrogen-bond donors (Lipinski definition) is 2. The Morgan fingerprint density at radius 1 is 1.17 bits per heavy atom. The number of carbonyl (C=O) groups is 1. The van der Waals surface area contributed by atoms with Gasteiger partial charge in [0.05, 0.1) is 17.1 Å². The topological polar surface area (TPSA) is 120 Å². The van der Waals surface area contributed by atoms with Crippen molar-refractivity contribution in [1.29, 1.82) is 0 Å². The molecular formula is C29H23F2N4O4S3-. The van der Waals surface area contributed by atoms with Gasteiger partial charge in [0.2, 0.25) is 5.13 Å². The first-order valence-corrected chi connectivity index (χ1v) is 15.7. The SMILES string of the molecule is Cc1ccc(-c2cc(-c3c(Cc4ccc(NS(=O)[O-])c(F)c4)c(CC4CC4)nn3-c3nc(C(=O)O)cs3)ccc2F)s1. The van der Waals surface area contributed by atoms with E-state index >= 15 is 4.39 Å². The summed E-state index contributed by atoms with van der Waals surface area (Å²) in [5.41, 5.74) is 3.52. The molecule has 0 saturated heterocycles. The van der Waals surface area contributed by atoms with E-state index < -0.39 is 23.1 Å².